The Morgan fingerprint density at radius 3 is 2.76 bits per heavy atom. The number of pyridine rings is 1. The Hall–Kier alpha value is -0.740. The molecule has 0 bridgehead atoms. The van der Waals surface area contributed by atoms with Crippen LogP contribution in [-0.2, 0) is 0 Å². The van der Waals surface area contributed by atoms with Gasteiger partial charge in [0.05, 0.1) is 0 Å². The van der Waals surface area contributed by atoms with E-state index in [4.69, 9.17) is 0 Å². The molecule has 0 spiro atoms. The Morgan fingerprint density at radius 2 is 2.10 bits per heavy atom. The van der Waals surface area contributed by atoms with Crippen molar-refractivity contribution in [2.24, 2.45) is 5.41 Å². The van der Waals surface area contributed by atoms with Crippen molar-refractivity contribution in [2.45, 2.75) is 45.2 Å². The van der Waals surface area contributed by atoms with Crippen LogP contribution in [0.15, 0.2) is 24.4 Å². The number of hydrogen-bond donors (Lipinski definition) is 1. The van der Waals surface area contributed by atoms with Crippen molar-refractivity contribution < 1.29 is 0 Å². The third-order valence-electron chi connectivity index (χ3n) is 5.02. The van der Waals surface area contributed by atoms with Crippen LogP contribution >= 0.6 is 11.8 Å². The molecule has 1 N–H and O–H groups in total. The summed E-state index contributed by atoms with van der Waals surface area (Å²) in [6.45, 7) is 7.09. The van der Waals surface area contributed by atoms with E-state index >= 15 is 0 Å². The SMILES string of the molecule is CC1(C)CCSCC1NC1CCN(c2ccccn2)CC1. The maximum atomic E-state index is 4.47. The first-order valence-electron chi connectivity index (χ1n) is 8.15. The third kappa shape index (κ3) is 3.72. The molecule has 0 aromatic carbocycles. The van der Waals surface area contributed by atoms with Gasteiger partial charge in [0.2, 0.25) is 0 Å². The zero-order valence-corrected chi connectivity index (χ0v) is 14.0. The summed E-state index contributed by atoms with van der Waals surface area (Å²) in [6.07, 6.45) is 5.69. The van der Waals surface area contributed by atoms with E-state index in [1.165, 1.54) is 30.8 Å². The molecule has 0 radical (unpaired) electrons. The summed E-state index contributed by atoms with van der Waals surface area (Å²) in [4.78, 5) is 6.88. The zero-order valence-electron chi connectivity index (χ0n) is 13.2. The molecule has 3 rings (SSSR count). The predicted molar refractivity (Wildman–Crippen MR) is 92.1 cm³/mol. The normalized spacial score (nSPS) is 26.8. The monoisotopic (exact) mass is 305 g/mol. The van der Waals surface area contributed by atoms with Crippen LogP contribution in [0.25, 0.3) is 0 Å². The fourth-order valence-corrected chi connectivity index (χ4v) is 4.93. The van der Waals surface area contributed by atoms with Gasteiger partial charge in [-0.15, -0.1) is 0 Å². The second-order valence-corrected chi connectivity index (χ2v) is 8.13. The van der Waals surface area contributed by atoms with Gasteiger partial charge in [-0.05, 0) is 42.6 Å². The molecule has 2 aliphatic rings. The minimum absolute atomic E-state index is 0.448. The first-order chi connectivity index (χ1) is 10.1. The fraction of sp³-hybridized carbons (Fsp3) is 0.706. The van der Waals surface area contributed by atoms with Crippen LogP contribution in [0, 0.1) is 5.41 Å². The number of aromatic nitrogens is 1. The Balaban J connectivity index is 1.52. The summed E-state index contributed by atoms with van der Waals surface area (Å²) < 4.78 is 0. The zero-order chi connectivity index (χ0) is 14.7. The van der Waals surface area contributed by atoms with Crippen molar-refractivity contribution in [1.29, 1.82) is 0 Å². The van der Waals surface area contributed by atoms with Crippen molar-refractivity contribution in [3.05, 3.63) is 24.4 Å². The van der Waals surface area contributed by atoms with Gasteiger partial charge < -0.3 is 10.2 Å². The van der Waals surface area contributed by atoms with Gasteiger partial charge in [0.25, 0.3) is 0 Å². The van der Waals surface area contributed by atoms with Gasteiger partial charge in [0.15, 0.2) is 0 Å². The molecule has 21 heavy (non-hydrogen) atoms. The number of nitrogens with zero attached hydrogens (tertiary/aromatic N) is 2. The molecule has 0 saturated carbocycles. The quantitative estimate of drug-likeness (QED) is 0.928. The molecule has 1 aromatic rings. The number of anilines is 1. The summed E-state index contributed by atoms with van der Waals surface area (Å²) in [5.41, 5.74) is 0.448. The summed E-state index contributed by atoms with van der Waals surface area (Å²) >= 11 is 2.11. The Bertz CT molecular complexity index is 441. The van der Waals surface area contributed by atoms with E-state index < -0.39 is 0 Å². The summed E-state index contributed by atoms with van der Waals surface area (Å²) in [7, 11) is 0. The van der Waals surface area contributed by atoms with E-state index in [2.05, 4.69) is 52.9 Å². The number of nitrogens with one attached hydrogen (secondary N) is 1. The van der Waals surface area contributed by atoms with Gasteiger partial charge in [-0.25, -0.2) is 4.98 Å². The summed E-state index contributed by atoms with van der Waals surface area (Å²) in [5.74, 6) is 3.72. The Morgan fingerprint density at radius 1 is 1.29 bits per heavy atom. The van der Waals surface area contributed by atoms with Crippen molar-refractivity contribution in [2.75, 3.05) is 29.5 Å². The average molecular weight is 305 g/mol. The second kappa shape index (κ2) is 6.57. The van der Waals surface area contributed by atoms with E-state index in [0.717, 1.165) is 18.9 Å². The molecule has 2 fully saturated rings. The highest BCUT2D eigenvalue weighted by molar-refractivity contribution is 7.99. The number of thioether (sulfide) groups is 1. The molecular formula is C17H27N3S. The molecule has 1 aromatic heterocycles. The first-order valence-corrected chi connectivity index (χ1v) is 9.30. The highest BCUT2D eigenvalue weighted by atomic mass is 32.2. The van der Waals surface area contributed by atoms with Crippen LogP contribution in [0.1, 0.15) is 33.1 Å². The third-order valence-corrected chi connectivity index (χ3v) is 6.09. The van der Waals surface area contributed by atoms with Gasteiger partial charge in [-0.3, -0.25) is 0 Å². The minimum atomic E-state index is 0.448. The molecule has 116 valence electrons. The largest absolute Gasteiger partial charge is 0.357 e. The standard InChI is InChI=1S/C17H27N3S/c1-17(2)8-12-21-13-15(17)19-14-6-10-20(11-7-14)16-5-3-4-9-18-16/h3-5,9,14-15,19H,6-8,10-13H2,1-2H3. The molecule has 4 heteroatoms. The molecule has 1 unspecified atom stereocenters. The van der Waals surface area contributed by atoms with E-state index in [9.17, 15) is 0 Å². The number of hydrogen-bond acceptors (Lipinski definition) is 4. The van der Waals surface area contributed by atoms with Gasteiger partial charge in [-0.1, -0.05) is 19.9 Å². The van der Waals surface area contributed by atoms with Crippen molar-refractivity contribution in [3.63, 3.8) is 0 Å². The van der Waals surface area contributed by atoms with Crippen molar-refractivity contribution in [3.8, 4) is 0 Å². The lowest BCUT2D eigenvalue weighted by molar-refractivity contribution is 0.217. The van der Waals surface area contributed by atoms with Crippen LogP contribution in [0.3, 0.4) is 0 Å². The molecule has 3 nitrogen and oxygen atoms in total. The maximum absolute atomic E-state index is 4.47. The summed E-state index contributed by atoms with van der Waals surface area (Å²) in [6, 6.07) is 7.53. The fourth-order valence-electron chi connectivity index (χ4n) is 3.31. The Labute approximate surface area is 132 Å². The number of piperidine rings is 1. The van der Waals surface area contributed by atoms with Crippen molar-refractivity contribution >= 4 is 17.6 Å². The molecule has 0 amide bonds. The molecule has 3 heterocycles. The Kier molecular flexibility index (Phi) is 4.75. The van der Waals surface area contributed by atoms with Crippen molar-refractivity contribution in [1.82, 2.24) is 10.3 Å². The molecule has 1 atom stereocenters. The minimum Gasteiger partial charge on any atom is -0.357 e. The lowest BCUT2D eigenvalue weighted by Crippen LogP contribution is -2.53. The number of rotatable bonds is 3. The van der Waals surface area contributed by atoms with E-state index in [0.29, 0.717) is 17.5 Å². The predicted octanol–water partition coefficient (Wildman–Crippen LogP) is 3.17. The average Bonchev–Trinajstić information content (AvgIpc) is 2.51. The highest BCUT2D eigenvalue weighted by Gasteiger charge is 2.34. The molecule has 2 aliphatic heterocycles. The van der Waals surface area contributed by atoms with Gasteiger partial charge in [-0.2, -0.15) is 11.8 Å². The first kappa shape index (κ1) is 15.2. The van der Waals surface area contributed by atoms with Gasteiger partial charge in [0.1, 0.15) is 5.82 Å². The van der Waals surface area contributed by atoms with E-state index in [1.54, 1.807) is 0 Å². The van der Waals surface area contributed by atoms with Crippen LogP contribution in [-0.4, -0.2) is 41.7 Å². The van der Waals surface area contributed by atoms with E-state index in [1.807, 2.05) is 12.3 Å². The van der Waals surface area contributed by atoms with Crippen LogP contribution in [0.4, 0.5) is 5.82 Å². The maximum Gasteiger partial charge on any atom is 0.128 e. The smallest absolute Gasteiger partial charge is 0.128 e. The molecular weight excluding hydrogens is 278 g/mol. The lowest BCUT2D eigenvalue weighted by Gasteiger charge is -2.43. The van der Waals surface area contributed by atoms with Crippen LogP contribution in [0.5, 0.6) is 0 Å². The van der Waals surface area contributed by atoms with Crippen LogP contribution < -0.4 is 10.2 Å². The second-order valence-electron chi connectivity index (χ2n) is 6.98. The highest BCUT2D eigenvalue weighted by Crippen LogP contribution is 2.35. The lowest BCUT2D eigenvalue weighted by atomic mass is 9.81. The van der Waals surface area contributed by atoms with Gasteiger partial charge >= 0.3 is 0 Å². The molecule has 0 aliphatic carbocycles. The van der Waals surface area contributed by atoms with E-state index in [-0.39, 0.29) is 0 Å². The molecule has 2 saturated heterocycles. The van der Waals surface area contributed by atoms with Crippen LogP contribution in [0.2, 0.25) is 0 Å². The summed E-state index contributed by atoms with van der Waals surface area (Å²) in [5, 5.41) is 3.95. The van der Waals surface area contributed by atoms with Gasteiger partial charge in [0, 0.05) is 37.1 Å². The topological polar surface area (TPSA) is 28.2 Å².